The summed E-state index contributed by atoms with van der Waals surface area (Å²) in [5.74, 6) is -1.03. The van der Waals surface area contributed by atoms with Crippen LogP contribution in [0, 0.1) is 11.6 Å². The molecule has 0 amide bonds. The Morgan fingerprint density at radius 3 is 2.76 bits per heavy atom. The molecule has 1 aromatic heterocycles. The first kappa shape index (κ1) is 15.8. The molecule has 1 atom stereocenters. The highest BCUT2D eigenvalue weighted by atomic mass is 79.9. The fourth-order valence-corrected chi connectivity index (χ4v) is 1.99. The van der Waals surface area contributed by atoms with Crippen LogP contribution in [0.5, 0.6) is 0 Å². The van der Waals surface area contributed by atoms with E-state index in [0.717, 1.165) is 19.0 Å². The van der Waals surface area contributed by atoms with Crippen molar-refractivity contribution in [3.8, 4) is 0 Å². The highest BCUT2D eigenvalue weighted by Gasteiger charge is 2.15. The molecule has 0 aliphatic carbocycles. The fraction of sp³-hybridized carbons (Fsp3) is 0.385. The number of aromatic nitrogens is 2. The second-order valence-corrected chi connectivity index (χ2v) is 5.35. The minimum absolute atomic E-state index is 0.0487. The summed E-state index contributed by atoms with van der Waals surface area (Å²) in [6.45, 7) is 4.77. The Labute approximate surface area is 129 Å². The summed E-state index contributed by atoms with van der Waals surface area (Å²) in [5.41, 5.74) is 0.0487. The number of hydrogen-bond donors (Lipinski definition) is 2. The highest BCUT2D eigenvalue weighted by Crippen LogP contribution is 2.26. The largest absolute Gasteiger partial charge is 0.406 e. The van der Waals surface area contributed by atoms with Crippen LogP contribution in [0.15, 0.2) is 21.0 Å². The van der Waals surface area contributed by atoms with Crippen molar-refractivity contribution in [3.05, 3.63) is 34.1 Å². The Morgan fingerprint density at radius 2 is 2.05 bits per heavy atom. The quantitative estimate of drug-likeness (QED) is 0.764. The standard InChI is InChI=1S/C13H15BrF2N4O/c1-3-4-17-7(2)12-19-20-13(21-12)18-11-5-8(14)9(15)6-10(11)16/h5-7,17H,3-4H2,1-2H3,(H,18,20). The van der Waals surface area contributed by atoms with E-state index in [1.165, 1.54) is 6.07 Å². The van der Waals surface area contributed by atoms with E-state index < -0.39 is 11.6 Å². The van der Waals surface area contributed by atoms with Gasteiger partial charge in [0.15, 0.2) is 0 Å². The summed E-state index contributed by atoms with van der Waals surface area (Å²) in [7, 11) is 0. The molecular formula is C13H15BrF2N4O. The molecule has 0 saturated carbocycles. The highest BCUT2D eigenvalue weighted by molar-refractivity contribution is 9.10. The summed E-state index contributed by atoms with van der Waals surface area (Å²) in [5, 5.41) is 13.5. The van der Waals surface area contributed by atoms with Crippen molar-refractivity contribution in [2.24, 2.45) is 0 Å². The Bertz CT molecular complexity index is 620. The third kappa shape index (κ3) is 3.98. The van der Waals surface area contributed by atoms with E-state index in [9.17, 15) is 8.78 Å². The van der Waals surface area contributed by atoms with E-state index in [4.69, 9.17) is 4.42 Å². The first-order valence-electron chi connectivity index (χ1n) is 6.49. The zero-order valence-electron chi connectivity index (χ0n) is 11.6. The first-order chi connectivity index (χ1) is 10.0. The van der Waals surface area contributed by atoms with Crippen molar-refractivity contribution in [1.29, 1.82) is 0 Å². The molecule has 0 radical (unpaired) electrons. The maximum atomic E-state index is 13.6. The molecule has 21 heavy (non-hydrogen) atoms. The normalized spacial score (nSPS) is 12.4. The van der Waals surface area contributed by atoms with Gasteiger partial charge < -0.3 is 15.1 Å². The fourth-order valence-electron chi connectivity index (χ4n) is 1.64. The van der Waals surface area contributed by atoms with Gasteiger partial charge in [-0.2, -0.15) is 0 Å². The van der Waals surface area contributed by atoms with E-state index in [-0.39, 0.29) is 22.2 Å². The predicted octanol–water partition coefficient (Wildman–Crippen LogP) is 3.91. The van der Waals surface area contributed by atoms with Gasteiger partial charge in [-0.3, -0.25) is 0 Å². The molecule has 2 N–H and O–H groups in total. The van der Waals surface area contributed by atoms with Crippen LogP contribution in [0.25, 0.3) is 0 Å². The average Bonchev–Trinajstić information content (AvgIpc) is 2.91. The maximum absolute atomic E-state index is 13.6. The maximum Gasteiger partial charge on any atom is 0.320 e. The van der Waals surface area contributed by atoms with Crippen molar-refractivity contribution in [3.63, 3.8) is 0 Å². The van der Waals surface area contributed by atoms with Crippen LogP contribution in [0.4, 0.5) is 20.5 Å². The van der Waals surface area contributed by atoms with Crippen LogP contribution in [0.3, 0.4) is 0 Å². The molecule has 0 saturated heterocycles. The molecule has 0 bridgehead atoms. The molecule has 0 spiro atoms. The Balaban J connectivity index is 2.11. The van der Waals surface area contributed by atoms with Crippen molar-refractivity contribution >= 4 is 27.6 Å². The minimum atomic E-state index is -0.743. The Kier molecular flexibility index (Phi) is 5.24. The molecule has 1 unspecified atom stereocenters. The van der Waals surface area contributed by atoms with E-state index in [2.05, 4.69) is 43.7 Å². The smallest absolute Gasteiger partial charge is 0.320 e. The molecule has 2 rings (SSSR count). The van der Waals surface area contributed by atoms with E-state index in [1.807, 2.05) is 6.92 Å². The number of nitrogens with zero attached hydrogens (tertiary/aromatic N) is 2. The summed E-state index contributed by atoms with van der Waals surface area (Å²) in [4.78, 5) is 0. The third-order valence-corrected chi connectivity index (χ3v) is 3.37. The van der Waals surface area contributed by atoms with Gasteiger partial charge >= 0.3 is 6.01 Å². The molecule has 0 aliphatic rings. The zero-order valence-corrected chi connectivity index (χ0v) is 13.2. The summed E-state index contributed by atoms with van der Waals surface area (Å²) in [6.07, 6.45) is 0.985. The lowest BCUT2D eigenvalue weighted by atomic mass is 10.3. The Morgan fingerprint density at radius 1 is 1.29 bits per heavy atom. The summed E-state index contributed by atoms with van der Waals surface area (Å²) in [6, 6.07) is 1.99. The summed E-state index contributed by atoms with van der Waals surface area (Å²) < 4.78 is 32.3. The average molecular weight is 361 g/mol. The molecule has 0 fully saturated rings. The van der Waals surface area contributed by atoms with Crippen molar-refractivity contribution in [2.45, 2.75) is 26.3 Å². The van der Waals surface area contributed by atoms with Crippen molar-refractivity contribution < 1.29 is 13.2 Å². The number of benzene rings is 1. The molecular weight excluding hydrogens is 346 g/mol. The number of halogens is 3. The van der Waals surface area contributed by atoms with Gasteiger partial charge in [-0.25, -0.2) is 8.78 Å². The van der Waals surface area contributed by atoms with E-state index >= 15 is 0 Å². The Hall–Kier alpha value is -1.54. The second-order valence-electron chi connectivity index (χ2n) is 4.49. The number of anilines is 2. The number of hydrogen-bond acceptors (Lipinski definition) is 5. The van der Waals surface area contributed by atoms with E-state index in [1.54, 1.807) is 0 Å². The third-order valence-electron chi connectivity index (χ3n) is 2.76. The lowest BCUT2D eigenvalue weighted by Crippen LogP contribution is -2.19. The monoisotopic (exact) mass is 360 g/mol. The van der Waals surface area contributed by atoms with Crippen LogP contribution >= 0.6 is 15.9 Å². The molecule has 2 aromatic rings. The minimum Gasteiger partial charge on any atom is -0.406 e. The molecule has 0 aliphatic heterocycles. The van der Waals surface area contributed by atoms with Crippen LogP contribution in [-0.4, -0.2) is 16.7 Å². The van der Waals surface area contributed by atoms with Gasteiger partial charge in [0.05, 0.1) is 16.2 Å². The van der Waals surface area contributed by atoms with Gasteiger partial charge in [0, 0.05) is 6.07 Å². The van der Waals surface area contributed by atoms with Crippen LogP contribution in [0.2, 0.25) is 0 Å². The number of nitrogens with one attached hydrogen (secondary N) is 2. The van der Waals surface area contributed by atoms with Crippen LogP contribution in [-0.2, 0) is 0 Å². The predicted molar refractivity (Wildman–Crippen MR) is 78.3 cm³/mol. The van der Waals surface area contributed by atoms with E-state index in [0.29, 0.717) is 5.89 Å². The van der Waals surface area contributed by atoms with Crippen LogP contribution < -0.4 is 10.6 Å². The lowest BCUT2D eigenvalue weighted by Gasteiger charge is -2.08. The zero-order chi connectivity index (χ0) is 15.4. The summed E-state index contributed by atoms with van der Waals surface area (Å²) >= 11 is 2.99. The topological polar surface area (TPSA) is 63.0 Å². The molecule has 1 aromatic carbocycles. The molecule has 8 heteroatoms. The van der Waals surface area contributed by atoms with Gasteiger partial charge in [-0.05, 0) is 41.9 Å². The number of rotatable bonds is 6. The SMILES string of the molecule is CCCNC(C)c1nnc(Nc2cc(Br)c(F)cc2F)o1. The van der Waals surface area contributed by atoms with Gasteiger partial charge in [-0.1, -0.05) is 12.0 Å². The van der Waals surface area contributed by atoms with Gasteiger partial charge in [0.25, 0.3) is 0 Å². The molecule has 114 valence electrons. The van der Waals surface area contributed by atoms with Gasteiger partial charge in [0.2, 0.25) is 5.89 Å². The first-order valence-corrected chi connectivity index (χ1v) is 7.29. The molecule has 5 nitrogen and oxygen atoms in total. The van der Waals surface area contributed by atoms with Crippen LogP contribution in [0.1, 0.15) is 32.2 Å². The van der Waals surface area contributed by atoms with Gasteiger partial charge in [-0.15, -0.1) is 5.10 Å². The van der Waals surface area contributed by atoms with Crippen molar-refractivity contribution in [2.75, 3.05) is 11.9 Å². The lowest BCUT2D eigenvalue weighted by molar-refractivity contribution is 0.424. The van der Waals surface area contributed by atoms with Gasteiger partial charge in [0.1, 0.15) is 11.6 Å². The second kappa shape index (κ2) is 6.95. The molecule has 1 heterocycles. The van der Waals surface area contributed by atoms with Crippen molar-refractivity contribution in [1.82, 2.24) is 15.5 Å².